The van der Waals surface area contributed by atoms with Crippen molar-refractivity contribution in [2.45, 2.75) is 64.8 Å². The molecule has 2 aromatic carbocycles. The Morgan fingerprint density at radius 1 is 0.971 bits per heavy atom. The van der Waals surface area contributed by atoms with Crippen molar-refractivity contribution in [2.75, 3.05) is 32.7 Å². The summed E-state index contributed by atoms with van der Waals surface area (Å²) in [6.07, 6.45) is -2.42. The van der Waals surface area contributed by atoms with E-state index in [1.54, 1.807) is 12.1 Å². The number of nitrogens with zero attached hydrogens (tertiary/aromatic N) is 3. The highest BCUT2D eigenvalue weighted by molar-refractivity contribution is 5.97. The molecule has 0 bridgehead atoms. The number of alkyl halides is 3. The first-order valence-electron chi connectivity index (χ1n) is 12.5. The van der Waals surface area contributed by atoms with Crippen LogP contribution in [0.1, 0.15) is 59.3 Å². The third-order valence-electron chi connectivity index (χ3n) is 8.02. The molecule has 4 nitrogen and oxygen atoms in total. The Morgan fingerprint density at radius 2 is 1.57 bits per heavy atom. The Morgan fingerprint density at radius 3 is 2.11 bits per heavy atom. The first kappa shape index (κ1) is 25.7. The van der Waals surface area contributed by atoms with Crippen LogP contribution in [0.4, 0.5) is 13.2 Å². The lowest BCUT2D eigenvalue weighted by molar-refractivity contribution is -0.137. The van der Waals surface area contributed by atoms with Gasteiger partial charge in [0.1, 0.15) is 0 Å². The molecule has 1 atom stereocenters. The van der Waals surface area contributed by atoms with E-state index in [2.05, 4.69) is 23.6 Å². The van der Waals surface area contributed by atoms with Gasteiger partial charge < -0.3 is 4.90 Å². The molecule has 2 aliphatic rings. The number of carbonyl (C=O) groups excluding carboxylic acids is 1. The summed E-state index contributed by atoms with van der Waals surface area (Å²) in [4.78, 5) is 20.1. The van der Waals surface area contributed by atoms with E-state index in [0.717, 1.165) is 67.8 Å². The van der Waals surface area contributed by atoms with Crippen molar-refractivity contribution >= 4 is 5.91 Å². The second kappa shape index (κ2) is 9.94. The number of rotatable bonds is 4. The van der Waals surface area contributed by atoms with Crippen LogP contribution in [0.15, 0.2) is 42.5 Å². The van der Waals surface area contributed by atoms with Crippen molar-refractivity contribution < 1.29 is 18.0 Å². The summed E-state index contributed by atoms with van der Waals surface area (Å²) in [5.41, 5.74) is 3.24. The van der Waals surface area contributed by atoms with Crippen LogP contribution in [0.25, 0.3) is 0 Å². The molecular formula is C28H36F3N3O. The lowest BCUT2D eigenvalue weighted by Crippen LogP contribution is -2.61. The topological polar surface area (TPSA) is 26.8 Å². The van der Waals surface area contributed by atoms with Crippen molar-refractivity contribution in [2.24, 2.45) is 0 Å². The minimum absolute atomic E-state index is 0.0479. The minimum atomic E-state index is -4.30. The molecule has 2 aliphatic heterocycles. The summed E-state index contributed by atoms with van der Waals surface area (Å²) >= 11 is 0. The number of amides is 1. The Labute approximate surface area is 206 Å². The third kappa shape index (κ3) is 5.56. The lowest BCUT2D eigenvalue weighted by atomic mass is 9.86. The number of piperidine rings is 1. The Kier molecular flexibility index (Phi) is 7.30. The van der Waals surface area contributed by atoms with E-state index >= 15 is 0 Å². The number of piperazine rings is 1. The van der Waals surface area contributed by atoms with Crippen LogP contribution in [0.5, 0.6) is 0 Å². The number of likely N-dealkylation sites (tertiary alicyclic amines) is 1. The number of carbonyl (C=O) groups is 1. The lowest BCUT2D eigenvalue weighted by Gasteiger charge is -2.51. The fraction of sp³-hybridized carbons (Fsp3) is 0.536. The van der Waals surface area contributed by atoms with Gasteiger partial charge >= 0.3 is 6.18 Å². The zero-order chi connectivity index (χ0) is 25.4. The Hall–Kier alpha value is -2.38. The van der Waals surface area contributed by atoms with Gasteiger partial charge in [0.2, 0.25) is 0 Å². The highest BCUT2D eigenvalue weighted by Gasteiger charge is 2.40. The summed E-state index contributed by atoms with van der Waals surface area (Å²) in [7, 11) is 0. The molecule has 7 heteroatoms. The Bertz CT molecular complexity index is 1020. The van der Waals surface area contributed by atoms with Gasteiger partial charge in [0, 0.05) is 56.4 Å². The van der Waals surface area contributed by atoms with Gasteiger partial charge in [0.15, 0.2) is 0 Å². The summed E-state index contributed by atoms with van der Waals surface area (Å²) in [6, 6.07) is 11.8. The summed E-state index contributed by atoms with van der Waals surface area (Å²) < 4.78 is 38.5. The molecule has 0 unspecified atom stereocenters. The minimum Gasteiger partial charge on any atom is -0.338 e. The molecule has 0 N–H and O–H groups in total. The van der Waals surface area contributed by atoms with Gasteiger partial charge in [-0.3, -0.25) is 14.6 Å². The molecule has 1 amide bonds. The molecule has 2 aromatic rings. The molecule has 35 heavy (non-hydrogen) atoms. The van der Waals surface area contributed by atoms with Gasteiger partial charge in [-0.05, 0) is 69.4 Å². The number of hydrogen-bond acceptors (Lipinski definition) is 3. The van der Waals surface area contributed by atoms with Gasteiger partial charge in [-0.1, -0.05) is 30.3 Å². The average molecular weight is 488 g/mol. The zero-order valence-corrected chi connectivity index (χ0v) is 21.2. The van der Waals surface area contributed by atoms with Gasteiger partial charge in [-0.25, -0.2) is 0 Å². The van der Waals surface area contributed by atoms with Crippen LogP contribution < -0.4 is 0 Å². The first-order valence-corrected chi connectivity index (χ1v) is 12.5. The van der Waals surface area contributed by atoms with Crippen molar-refractivity contribution in [3.05, 3.63) is 70.3 Å². The second-order valence-electron chi connectivity index (χ2n) is 10.5. The molecule has 0 saturated carbocycles. The smallest absolute Gasteiger partial charge is 0.338 e. The molecule has 0 spiro atoms. The zero-order valence-electron chi connectivity index (χ0n) is 21.2. The van der Waals surface area contributed by atoms with Crippen LogP contribution in [0, 0.1) is 13.8 Å². The number of aryl methyl sites for hydroxylation is 2. The van der Waals surface area contributed by atoms with Crippen molar-refractivity contribution in [1.29, 1.82) is 0 Å². The first-order chi connectivity index (χ1) is 16.5. The third-order valence-corrected chi connectivity index (χ3v) is 8.02. The number of hydrogen-bond donors (Lipinski definition) is 0. The predicted molar refractivity (Wildman–Crippen MR) is 132 cm³/mol. The van der Waals surface area contributed by atoms with E-state index in [1.165, 1.54) is 12.1 Å². The normalized spacial score (nSPS) is 21.8. The van der Waals surface area contributed by atoms with Gasteiger partial charge in [-0.15, -0.1) is 0 Å². The van der Waals surface area contributed by atoms with Crippen LogP contribution in [-0.4, -0.2) is 64.9 Å². The van der Waals surface area contributed by atoms with Crippen molar-refractivity contribution in [3.63, 3.8) is 0 Å². The van der Waals surface area contributed by atoms with Crippen molar-refractivity contribution in [3.8, 4) is 0 Å². The van der Waals surface area contributed by atoms with E-state index in [9.17, 15) is 18.0 Å². The van der Waals surface area contributed by atoms with Gasteiger partial charge in [0.25, 0.3) is 5.91 Å². The van der Waals surface area contributed by atoms with Gasteiger partial charge in [-0.2, -0.15) is 13.2 Å². The maximum absolute atomic E-state index is 13.2. The molecule has 0 radical (unpaired) electrons. The molecular weight excluding hydrogens is 451 g/mol. The maximum Gasteiger partial charge on any atom is 0.416 e. The Balaban J connectivity index is 1.33. The fourth-order valence-corrected chi connectivity index (χ4v) is 5.57. The average Bonchev–Trinajstić information content (AvgIpc) is 2.80. The van der Waals surface area contributed by atoms with Crippen molar-refractivity contribution in [1.82, 2.24) is 14.7 Å². The summed E-state index contributed by atoms with van der Waals surface area (Å²) in [5, 5.41) is 0. The quantitative estimate of drug-likeness (QED) is 0.568. The number of halogens is 3. The predicted octanol–water partition coefficient (Wildman–Crippen LogP) is 5.52. The van der Waals surface area contributed by atoms with E-state index in [4.69, 9.17) is 0 Å². The highest BCUT2D eigenvalue weighted by Crippen LogP contribution is 2.33. The molecule has 0 aliphatic carbocycles. The van der Waals surface area contributed by atoms with Crippen LogP contribution >= 0.6 is 0 Å². The largest absolute Gasteiger partial charge is 0.416 e. The molecule has 2 saturated heterocycles. The number of benzene rings is 2. The van der Waals surface area contributed by atoms with Crippen LogP contribution in [0.2, 0.25) is 0 Å². The summed E-state index contributed by atoms with van der Waals surface area (Å²) in [5.74, 6) is 0.136. The summed E-state index contributed by atoms with van der Waals surface area (Å²) in [6.45, 7) is 13.4. The van der Waals surface area contributed by atoms with E-state index in [0.29, 0.717) is 12.6 Å². The SMILES string of the molecule is Cc1cccc(C)c1C(=O)N1CCC(C)(N2CCN(Cc3ccc(C(F)(F)F)cc3)[C@@H](C)C2)CC1. The second-order valence-corrected chi connectivity index (χ2v) is 10.5. The highest BCUT2D eigenvalue weighted by atomic mass is 19.4. The van der Waals surface area contributed by atoms with Gasteiger partial charge in [0.05, 0.1) is 5.56 Å². The molecule has 190 valence electrons. The maximum atomic E-state index is 13.2. The van der Waals surface area contributed by atoms with E-state index in [-0.39, 0.29) is 11.4 Å². The van der Waals surface area contributed by atoms with Crippen LogP contribution in [0.3, 0.4) is 0 Å². The standard InChI is InChI=1S/C28H36F3N3O/c1-20-6-5-7-21(2)25(20)26(35)32-14-12-27(4,13-15-32)34-17-16-33(22(3)18-34)19-23-8-10-24(11-9-23)28(29,30)31/h5-11,22H,12-19H2,1-4H3/t22-/m0/s1. The molecule has 2 heterocycles. The monoisotopic (exact) mass is 487 g/mol. The molecule has 4 rings (SSSR count). The van der Waals surface area contributed by atoms with Crippen LogP contribution in [-0.2, 0) is 12.7 Å². The fourth-order valence-electron chi connectivity index (χ4n) is 5.57. The van der Waals surface area contributed by atoms with E-state index < -0.39 is 11.7 Å². The van der Waals surface area contributed by atoms with E-state index in [1.807, 2.05) is 36.9 Å². The molecule has 0 aromatic heterocycles. The molecule has 2 fully saturated rings.